The van der Waals surface area contributed by atoms with E-state index in [1.807, 2.05) is 108 Å². The number of hydrogen-bond acceptors (Lipinski definition) is 2. The molecule has 0 saturated carbocycles. The van der Waals surface area contributed by atoms with Gasteiger partial charge in [-0.25, -0.2) is 0 Å². The Kier molecular flexibility index (Phi) is 4.35. The van der Waals surface area contributed by atoms with Crippen LogP contribution in [0.15, 0.2) is 108 Å². The summed E-state index contributed by atoms with van der Waals surface area (Å²) in [7, 11) is 0. The van der Waals surface area contributed by atoms with E-state index in [-0.39, 0.29) is 5.43 Å². The Morgan fingerprint density at radius 1 is 0.577 bits per heavy atom. The molecule has 126 valence electrons. The number of para-hydroxylation sites is 1. The second kappa shape index (κ2) is 7.11. The van der Waals surface area contributed by atoms with Crippen molar-refractivity contribution in [3.8, 4) is 22.3 Å². The van der Waals surface area contributed by atoms with E-state index in [1.165, 1.54) is 0 Å². The fourth-order valence-electron chi connectivity index (χ4n) is 2.95. The van der Waals surface area contributed by atoms with Crippen molar-refractivity contribution in [2.75, 3.05) is 5.43 Å². The fourth-order valence-corrected chi connectivity index (χ4v) is 2.95. The standard InChI is InChI=1S/C23H18N2O/c26-23-21(18-10-4-1-5-11-18)16-25(24-20-14-8-3-9-15-20)17-22(23)19-12-6-2-7-13-19/h1-17,24H. The van der Waals surface area contributed by atoms with Crippen LogP contribution in [-0.4, -0.2) is 4.68 Å². The van der Waals surface area contributed by atoms with Crippen molar-refractivity contribution in [3.63, 3.8) is 0 Å². The van der Waals surface area contributed by atoms with Crippen LogP contribution < -0.4 is 10.9 Å². The highest BCUT2D eigenvalue weighted by Crippen LogP contribution is 2.21. The molecule has 0 atom stereocenters. The minimum atomic E-state index is 0.0218. The number of nitrogens with one attached hydrogen (secondary N) is 1. The molecule has 26 heavy (non-hydrogen) atoms. The van der Waals surface area contributed by atoms with E-state index in [4.69, 9.17) is 0 Å². The highest BCUT2D eigenvalue weighted by molar-refractivity contribution is 5.72. The third kappa shape index (κ3) is 3.28. The second-order valence-corrected chi connectivity index (χ2v) is 6.03. The maximum absolute atomic E-state index is 13.1. The molecule has 0 unspecified atom stereocenters. The van der Waals surface area contributed by atoms with Crippen LogP contribution in [-0.2, 0) is 0 Å². The SMILES string of the molecule is O=c1c(-c2ccccc2)cn(Nc2ccccc2)cc1-c1ccccc1. The smallest absolute Gasteiger partial charge is 0.197 e. The van der Waals surface area contributed by atoms with Gasteiger partial charge in [0.05, 0.1) is 5.69 Å². The Labute approximate surface area is 152 Å². The zero-order valence-corrected chi connectivity index (χ0v) is 14.2. The first-order valence-corrected chi connectivity index (χ1v) is 8.50. The molecule has 3 heteroatoms. The maximum atomic E-state index is 13.1. The van der Waals surface area contributed by atoms with Crippen LogP contribution >= 0.6 is 0 Å². The molecule has 0 saturated heterocycles. The summed E-state index contributed by atoms with van der Waals surface area (Å²) in [6.45, 7) is 0. The fraction of sp³-hybridized carbons (Fsp3) is 0. The van der Waals surface area contributed by atoms with Gasteiger partial charge in [0.2, 0.25) is 0 Å². The van der Waals surface area contributed by atoms with Gasteiger partial charge in [0.1, 0.15) is 0 Å². The number of nitrogens with zero attached hydrogens (tertiary/aromatic N) is 1. The summed E-state index contributed by atoms with van der Waals surface area (Å²) >= 11 is 0. The van der Waals surface area contributed by atoms with E-state index in [0.29, 0.717) is 11.1 Å². The molecule has 0 spiro atoms. The van der Waals surface area contributed by atoms with Crippen molar-refractivity contribution in [2.45, 2.75) is 0 Å². The molecular weight excluding hydrogens is 320 g/mol. The van der Waals surface area contributed by atoms with Gasteiger partial charge in [-0.3, -0.25) is 14.9 Å². The van der Waals surface area contributed by atoms with Gasteiger partial charge in [0, 0.05) is 23.5 Å². The van der Waals surface area contributed by atoms with E-state index in [1.54, 1.807) is 0 Å². The van der Waals surface area contributed by atoms with Crippen molar-refractivity contribution >= 4 is 5.69 Å². The van der Waals surface area contributed by atoms with Crippen LogP contribution in [0.5, 0.6) is 0 Å². The molecule has 0 amide bonds. The number of anilines is 1. The van der Waals surface area contributed by atoms with Crippen molar-refractivity contribution in [3.05, 3.63) is 114 Å². The summed E-state index contributed by atoms with van der Waals surface area (Å²) in [5, 5.41) is 0. The molecule has 0 bridgehead atoms. The molecule has 1 heterocycles. The van der Waals surface area contributed by atoms with Gasteiger partial charge in [-0.15, -0.1) is 0 Å². The molecule has 1 aromatic heterocycles. The number of pyridine rings is 1. The Morgan fingerprint density at radius 2 is 1.00 bits per heavy atom. The number of hydrogen-bond donors (Lipinski definition) is 1. The highest BCUT2D eigenvalue weighted by Gasteiger charge is 2.11. The molecule has 0 aliphatic rings. The third-order valence-corrected chi connectivity index (χ3v) is 4.23. The Morgan fingerprint density at radius 3 is 1.46 bits per heavy atom. The molecule has 0 fully saturated rings. The van der Waals surface area contributed by atoms with Crippen molar-refractivity contribution < 1.29 is 0 Å². The summed E-state index contributed by atoms with van der Waals surface area (Å²) in [5.41, 5.74) is 7.43. The molecule has 4 rings (SSSR count). The van der Waals surface area contributed by atoms with Crippen LogP contribution in [0.25, 0.3) is 22.3 Å². The molecule has 0 radical (unpaired) electrons. The number of benzene rings is 3. The summed E-state index contributed by atoms with van der Waals surface area (Å²) in [6, 6.07) is 29.4. The first kappa shape index (κ1) is 15.9. The van der Waals surface area contributed by atoms with E-state index < -0.39 is 0 Å². The first-order chi connectivity index (χ1) is 12.8. The largest absolute Gasteiger partial charge is 0.295 e. The van der Waals surface area contributed by atoms with Crippen LogP contribution in [0.2, 0.25) is 0 Å². The zero-order valence-electron chi connectivity index (χ0n) is 14.2. The minimum absolute atomic E-state index is 0.0218. The van der Waals surface area contributed by atoms with Gasteiger partial charge in [-0.2, -0.15) is 0 Å². The molecule has 4 aromatic rings. The number of aromatic nitrogens is 1. The van der Waals surface area contributed by atoms with Crippen molar-refractivity contribution in [2.24, 2.45) is 0 Å². The van der Waals surface area contributed by atoms with Crippen molar-refractivity contribution in [1.82, 2.24) is 4.68 Å². The molecule has 1 N–H and O–H groups in total. The summed E-state index contributed by atoms with van der Waals surface area (Å²) in [4.78, 5) is 13.1. The quantitative estimate of drug-likeness (QED) is 0.564. The van der Waals surface area contributed by atoms with E-state index in [2.05, 4.69) is 5.43 Å². The third-order valence-electron chi connectivity index (χ3n) is 4.23. The van der Waals surface area contributed by atoms with E-state index >= 15 is 0 Å². The average molecular weight is 338 g/mol. The van der Waals surface area contributed by atoms with E-state index in [9.17, 15) is 4.79 Å². The van der Waals surface area contributed by atoms with Crippen LogP contribution in [0.3, 0.4) is 0 Å². The molecule has 3 nitrogen and oxygen atoms in total. The topological polar surface area (TPSA) is 34.0 Å². The van der Waals surface area contributed by atoms with Gasteiger partial charge in [-0.05, 0) is 23.3 Å². The molecule has 3 aromatic carbocycles. The lowest BCUT2D eigenvalue weighted by molar-refractivity contribution is 0.945. The Balaban J connectivity index is 1.88. The summed E-state index contributed by atoms with van der Waals surface area (Å²) in [6.07, 6.45) is 3.69. The second-order valence-electron chi connectivity index (χ2n) is 6.03. The lowest BCUT2D eigenvalue weighted by Crippen LogP contribution is -2.17. The summed E-state index contributed by atoms with van der Waals surface area (Å²) < 4.78 is 1.85. The van der Waals surface area contributed by atoms with Gasteiger partial charge in [-0.1, -0.05) is 78.9 Å². The minimum Gasteiger partial charge on any atom is -0.295 e. The zero-order chi connectivity index (χ0) is 17.8. The van der Waals surface area contributed by atoms with Crippen LogP contribution in [0.4, 0.5) is 5.69 Å². The van der Waals surface area contributed by atoms with Crippen molar-refractivity contribution in [1.29, 1.82) is 0 Å². The van der Waals surface area contributed by atoms with Gasteiger partial charge in [0.15, 0.2) is 5.43 Å². The van der Waals surface area contributed by atoms with E-state index in [0.717, 1.165) is 16.8 Å². The normalized spacial score (nSPS) is 10.5. The lowest BCUT2D eigenvalue weighted by Gasteiger charge is -2.14. The monoisotopic (exact) mass is 338 g/mol. The summed E-state index contributed by atoms with van der Waals surface area (Å²) in [5.74, 6) is 0. The lowest BCUT2D eigenvalue weighted by atomic mass is 10.0. The Bertz CT molecular complexity index is 992. The van der Waals surface area contributed by atoms with Gasteiger partial charge < -0.3 is 0 Å². The predicted molar refractivity (Wildman–Crippen MR) is 107 cm³/mol. The Hall–Kier alpha value is -3.59. The van der Waals surface area contributed by atoms with Crippen LogP contribution in [0, 0.1) is 0 Å². The predicted octanol–water partition coefficient (Wildman–Crippen LogP) is 5.06. The van der Waals surface area contributed by atoms with Crippen LogP contribution in [0.1, 0.15) is 0 Å². The first-order valence-electron chi connectivity index (χ1n) is 8.50. The highest BCUT2D eigenvalue weighted by atomic mass is 16.1. The van der Waals surface area contributed by atoms with Gasteiger partial charge in [0.25, 0.3) is 0 Å². The molecular formula is C23H18N2O. The molecule has 0 aliphatic heterocycles. The molecule has 0 aliphatic carbocycles. The maximum Gasteiger partial charge on any atom is 0.197 e. The average Bonchev–Trinajstić information content (AvgIpc) is 2.71. The van der Waals surface area contributed by atoms with Gasteiger partial charge >= 0.3 is 0 Å². The number of rotatable bonds is 4.